The van der Waals surface area contributed by atoms with Crippen LogP contribution in [0, 0.1) is 0 Å². The highest BCUT2D eigenvalue weighted by Gasteiger charge is 2.04. The van der Waals surface area contributed by atoms with Gasteiger partial charge in [-0.2, -0.15) is 0 Å². The third kappa shape index (κ3) is 4.84. The third-order valence-corrected chi connectivity index (χ3v) is 3.31. The first kappa shape index (κ1) is 14.9. The van der Waals surface area contributed by atoms with Crippen LogP contribution in [0.15, 0.2) is 54.6 Å². The smallest absolute Gasteiger partial charge is 0.224 e. The first-order valence-corrected chi connectivity index (χ1v) is 7.02. The number of amides is 1. The van der Waals surface area contributed by atoms with E-state index in [1.165, 1.54) is 0 Å². The van der Waals surface area contributed by atoms with Crippen LogP contribution in [-0.4, -0.2) is 26.0 Å². The molecule has 2 aromatic carbocycles. The van der Waals surface area contributed by atoms with E-state index in [1.807, 2.05) is 49.5 Å². The van der Waals surface area contributed by atoms with Crippen molar-refractivity contribution in [1.82, 2.24) is 5.32 Å². The van der Waals surface area contributed by atoms with Gasteiger partial charge in [0, 0.05) is 31.5 Å². The first-order chi connectivity index (χ1) is 10.1. The molecule has 0 aliphatic heterocycles. The molecule has 2 rings (SSSR count). The van der Waals surface area contributed by atoms with Crippen molar-refractivity contribution in [2.24, 2.45) is 0 Å². The molecule has 2 aromatic rings. The molecule has 0 heterocycles. The highest BCUT2D eigenvalue weighted by atomic mass is 16.1. The van der Waals surface area contributed by atoms with E-state index in [-0.39, 0.29) is 5.91 Å². The number of nitrogens with zero attached hydrogens (tertiary/aromatic N) is 1. The normalized spacial score (nSPS) is 10.1. The largest absolute Gasteiger partial charge is 0.399 e. The van der Waals surface area contributed by atoms with Gasteiger partial charge >= 0.3 is 0 Å². The van der Waals surface area contributed by atoms with Gasteiger partial charge in [0.25, 0.3) is 0 Å². The zero-order chi connectivity index (χ0) is 15.1. The van der Waals surface area contributed by atoms with Gasteiger partial charge in [-0.15, -0.1) is 0 Å². The molecule has 4 nitrogen and oxygen atoms in total. The maximum absolute atomic E-state index is 11.9. The van der Waals surface area contributed by atoms with Crippen LogP contribution in [0.25, 0.3) is 0 Å². The topological polar surface area (TPSA) is 58.4 Å². The molecule has 0 saturated carbocycles. The van der Waals surface area contributed by atoms with Gasteiger partial charge in [-0.05, 0) is 29.8 Å². The minimum atomic E-state index is 0.0289. The molecule has 0 aliphatic carbocycles. The molecule has 21 heavy (non-hydrogen) atoms. The molecule has 3 N–H and O–H groups in total. The van der Waals surface area contributed by atoms with Gasteiger partial charge in [-0.3, -0.25) is 4.79 Å². The SMILES string of the molecule is CN(CCNC(=O)Cc1ccc(N)cc1)c1ccccc1. The molecule has 0 fully saturated rings. The number of rotatable bonds is 6. The van der Waals surface area contributed by atoms with E-state index < -0.39 is 0 Å². The van der Waals surface area contributed by atoms with E-state index in [1.54, 1.807) is 0 Å². The van der Waals surface area contributed by atoms with E-state index in [0.29, 0.717) is 18.7 Å². The van der Waals surface area contributed by atoms with Gasteiger partial charge in [0.15, 0.2) is 0 Å². The van der Waals surface area contributed by atoms with Crippen LogP contribution in [0.2, 0.25) is 0 Å². The number of likely N-dealkylation sites (N-methyl/N-ethyl adjacent to an activating group) is 1. The molecule has 0 unspecified atom stereocenters. The molecule has 0 bridgehead atoms. The highest BCUT2D eigenvalue weighted by molar-refractivity contribution is 5.78. The second-order valence-corrected chi connectivity index (χ2v) is 5.03. The van der Waals surface area contributed by atoms with Crippen molar-refractivity contribution < 1.29 is 4.79 Å². The Hall–Kier alpha value is -2.49. The lowest BCUT2D eigenvalue weighted by Crippen LogP contribution is -2.33. The number of carbonyl (C=O) groups is 1. The third-order valence-electron chi connectivity index (χ3n) is 3.31. The fourth-order valence-corrected chi connectivity index (χ4v) is 2.06. The van der Waals surface area contributed by atoms with E-state index in [0.717, 1.165) is 17.8 Å². The maximum Gasteiger partial charge on any atom is 0.224 e. The Bertz CT molecular complexity index is 566. The van der Waals surface area contributed by atoms with Crippen molar-refractivity contribution in [2.45, 2.75) is 6.42 Å². The number of hydrogen-bond acceptors (Lipinski definition) is 3. The number of nitrogen functional groups attached to an aromatic ring is 1. The first-order valence-electron chi connectivity index (χ1n) is 7.02. The summed E-state index contributed by atoms with van der Waals surface area (Å²) in [4.78, 5) is 14.0. The van der Waals surface area contributed by atoms with Crippen molar-refractivity contribution in [1.29, 1.82) is 0 Å². The Morgan fingerprint density at radius 3 is 2.43 bits per heavy atom. The Morgan fingerprint density at radius 1 is 1.10 bits per heavy atom. The monoisotopic (exact) mass is 283 g/mol. The number of nitrogens with two attached hydrogens (primary N) is 1. The molecule has 0 radical (unpaired) electrons. The number of nitrogens with one attached hydrogen (secondary N) is 1. The molecular weight excluding hydrogens is 262 g/mol. The minimum absolute atomic E-state index is 0.0289. The van der Waals surface area contributed by atoms with E-state index in [9.17, 15) is 4.79 Å². The number of benzene rings is 2. The van der Waals surface area contributed by atoms with Gasteiger partial charge in [0.2, 0.25) is 5.91 Å². The van der Waals surface area contributed by atoms with Crippen molar-refractivity contribution in [2.75, 3.05) is 30.8 Å². The molecular formula is C17H21N3O. The lowest BCUT2D eigenvalue weighted by molar-refractivity contribution is -0.120. The molecule has 0 saturated heterocycles. The van der Waals surface area contributed by atoms with Gasteiger partial charge < -0.3 is 16.0 Å². The van der Waals surface area contributed by atoms with Crippen molar-refractivity contribution in [3.63, 3.8) is 0 Å². The standard InChI is InChI=1S/C17H21N3O/c1-20(16-5-3-2-4-6-16)12-11-19-17(21)13-14-7-9-15(18)10-8-14/h2-10H,11-13,18H2,1H3,(H,19,21). The number of anilines is 2. The quantitative estimate of drug-likeness (QED) is 0.798. The average molecular weight is 283 g/mol. The number of hydrogen-bond donors (Lipinski definition) is 2. The summed E-state index contributed by atoms with van der Waals surface area (Å²) in [5, 5.41) is 2.93. The van der Waals surface area contributed by atoms with Crippen LogP contribution in [0.1, 0.15) is 5.56 Å². The Balaban J connectivity index is 1.73. The summed E-state index contributed by atoms with van der Waals surface area (Å²) >= 11 is 0. The van der Waals surface area contributed by atoms with Gasteiger partial charge in [-0.1, -0.05) is 30.3 Å². The molecule has 0 atom stereocenters. The lowest BCUT2D eigenvalue weighted by atomic mass is 10.1. The van der Waals surface area contributed by atoms with Crippen LogP contribution in [0.5, 0.6) is 0 Å². The van der Waals surface area contributed by atoms with Crippen molar-refractivity contribution in [3.05, 3.63) is 60.2 Å². The summed E-state index contributed by atoms with van der Waals surface area (Å²) in [7, 11) is 2.02. The second kappa shape index (κ2) is 7.33. The summed E-state index contributed by atoms with van der Waals surface area (Å²) in [5.41, 5.74) is 8.45. The molecule has 0 aliphatic rings. The highest BCUT2D eigenvalue weighted by Crippen LogP contribution is 2.10. The Morgan fingerprint density at radius 2 is 1.76 bits per heavy atom. The molecule has 1 amide bonds. The summed E-state index contributed by atoms with van der Waals surface area (Å²) in [6.45, 7) is 1.40. The minimum Gasteiger partial charge on any atom is -0.399 e. The zero-order valence-corrected chi connectivity index (χ0v) is 12.3. The summed E-state index contributed by atoms with van der Waals surface area (Å²) < 4.78 is 0. The van der Waals surface area contributed by atoms with E-state index >= 15 is 0 Å². The lowest BCUT2D eigenvalue weighted by Gasteiger charge is -2.19. The van der Waals surface area contributed by atoms with Crippen LogP contribution in [0.3, 0.4) is 0 Å². The van der Waals surface area contributed by atoms with Gasteiger partial charge in [0.1, 0.15) is 0 Å². The molecule has 0 spiro atoms. The number of para-hydroxylation sites is 1. The van der Waals surface area contributed by atoms with Crippen molar-refractivity contribution in [3.8, 4) is 0 Å². The van der Waals surface area contributed by atoms with E-state index in [4.69, 9.17) is 5.73 Å². The van der Waals surface area contributed by atoms with Crippen LogP contribution in [0.4, 0.5) is 11.4 Å². The Labute approximate surface area is 125 Å². The average Bonchev–Trinajstić information content (AvgIpc) is 2.50. The van der Waals surface area contributed by atoms with Crippen LogP contribution < -0.4 is 16.0 Å². The fraction of sp³-hybridized carbons (Fsp3) is 0.235. The zero-order valence-electron chi connectivity index (χ0n) is 12.3. The molecule has 0 aromatic heterocycles. The van der Waals surface area contributed by atoms with Crippen molar-refractivity contribution >= 4 is 17.3 Å². The number of carbonyl (C=O) groups excluding carboxylic acids is 1. The van der Waals surface area contributed by atoms with Gasteiger partial charge in [-0.25, -0.2) is 0 Å². The fourth-order valence-electron chi connectivity index (χ4n) is 2.06. The Kier molecular flexibility index (Phi) is 5.21. The van der Waals surface area contributed by atoms with E-state index in [2.05, 4.69) is 22.3 Å². The predicted octanol–water partition coefficient (Wildman–Crippen LogP) is 2.06. The molecule has 110 valence electrons. The van der Waals surface area contributed by atoms with Crippen LogP contribution in [-0.2, 0) is 11.2 Å². The molecule has 4 heteroatoms. The summed E-state index contributed by atoms with van der Waals surface area (Å²) in [5.74, 6) is 0.0289. The van der Waals surface area contributed by atoms with Crippen LogP contribution >= 0.6 is 0 Å². The predicted molar refractivity (Wildman–Crippen MR) is 87.3 cm³/mol. The second-order valence-electron chi connectivity index (χ2n) is 5.03. The van der Waals surface area contributed by atoms with Gasteiger partial charge in [0.05, 0.1) is 6.42 Å². The summed E-state index contributed by atoms with van der Waals surface area (Å²) in [6.07, 6.45) is 0.384. The summed E-state index contributed by atoms with van der Waals surface area (Å²) in [6, 6.07) is 17.5. The maximum atomic E-state index is 11.9.